The number of nitrogens with zero attached hydrogens (tertiary/aromatic N) is 3. The Labute approximate surface area is 218 Å². The molecule has 37 heavy (non-hydrogen) atoms. The molecule has 190 valence electrons. The lowest BCUT2D eigenvalue weighted by Gasteiger charge is -2.47. The van der Waals surface area contributed by atoms with Crippen LogP contribution in [0.5, 0.6) is 11.5 Å². The smallest absolute Gasteiger partial charge is 0.163 e. The van der Waals surface area contributed by atoms with Crippen LogP contribution in [-0.4, -0.2) is 55.9 Å². The molecule has 0 saturated carbocycles. The normalized spacial score (nSPS) is 16.5. The second-order valence-corrected chi connectivity index (χ2v) is 9.79. The molecule has 5 rings (SSSR count). The van der Waals surface area contributed by atoms with E-state index >= 15 is 0 Å². The second-order valence-electron chi connectivity index (χ2n) is 9.79. The van der Waals surface area contributed by atoms with Crippen molar-refractivity contribution in [2.75, 3.05) is 51.4 Å². The van der Waals surface area contributed by atoms with Gasteiger partial charge >= 0.3 is 0 Å². The average molecular weight is 497 g/mol. The molecule has 2 saturated heterocycles. The number of anilines is 2. The zero-order chi connectivity index (χ0) is 25.7. The molecule has 1 spiro atoms. The fourth-order valence-electron chi connectivity index (χ4n) is 5.03. The Morgan fingerprint density at radius 2 is 1.97 bits per heavy atom. The first-order valence-corrected chi connectivity index (χ1v) is 12.9. The van der Waals surface area contributed by atoms with E-state index in [0.717, 1.165) is 55.9 Å². The summed E-state index contributed by atoms with van der Waals surface area (Å²) >= 11 is 0. The molecule has 0 unspecified atom stereocenters. The zero-order valence-corrected chi connectivity index (χ0v) is 21.3. The fourth-order valence-corrected chi connectivity index (χ4v) is 5.03. The van der Waals surface area contributed by atoms with Crippen molar-refractivity contribution >= 4 is 22.3 Å². The van der Waals surface area contributed by atoms with Gasteiger partial charge < -0.3 is 24.4 Å². The molecule has 2 fully saturated rings. The van der Waals surface area contributed by atoms with Crippen LogP contribution in [0.3, 0.4) is 0 Å². The third kappa shape index (κ3) is 5.49. The number of hydrogen-bond acceptors (Lipinski definition) is 7. The Bertz CT molecular complexity index is 1340. The Balaban J connectivity index is 1.33. The Morgan fingerprint density at radius 1 is 1.16 bits per heavy atom. The van der Waals surface area contributed by atoms with E-state index < -0.39 is 0 Å². The molecule has 0 radical (unpaired) electrons. The average Bonchev–Trinajstić information content (AvgIpc) is 2.91. The molecule has 1 N–H and O–H groups in total. The summed E-state index contributed by atoms with van der Waals surface area (Å²) in [6, 6.07) is 13.6. The number of piperidine rings is 1. The second kappa shape index (κ2) is 11.1. The van der Waals surface area contributed by atoms with Crippen molar-refractivity contribution in [3.63, 3.8) is 0 Å². The van der Waals surface area contributed by atoms with Crippen molar-refractivity contribution in [1.29, 1.82) is 5.26 Å². The van der Waals surface area contributed by atoms with Crippen LogP contribution < -0.4 is 14.8 Å². The standard InChI is InChI=1S/C30H32N4O3/c1-3-22-7-5-8-24(15-22)33-29-23(18-31)19-32-26-17-28(36-4-2)27(16-25(26)29)37-14-6-11-34-12-9-30(10-13-34)20-35-21-30/h1,5,7-8,15-17,19H,4,6,9-14,20-21H2,2H3,(H,32,33). The van der Waals surface area contributed by atoms with Crippen molar-refractivity contribution in [1.82, 2.24) is 9.88 Å². The molecule has 7 heteroatoms. The molecule has 2 aliphatic rings. The molecule has 0 amide bonds. The van der Waals surface area contributed by atoms with Gasteiger partial charge in [0.15, 0.2) is 11.5 Å². The zero-order valence-electron chi connectivity index (χ0n) is 21.3. The van der Waals surface area contributed by atoms with Crippen LogP contribution in [0.1, 0.15) is 37.3 Å². The summed E-state index contributed by atoms with van der Waals surface area (Å²) in [5.41, 5.74) is 3.83. The number of nitrogens with one attached hydrogen (secondary N) is 1. The first-order valence-electron chi connectivity index (χ1n) is 12.9. The highest BCUT2D eigenvalue weighted by molar-refractivity contribution is 5.97. The number of fused-ring (bicyclic) bond motifs is 1. The van der Waals surface area contributed by atoms with Gasteiger partial charge in [0.05, 0.1) is 43.2 Å². The van der Waals surface area contributed by atoms with Gasteiger partial charge in [-0.15, -0.1) is 6.42 Å². The number of aromatic nitrogens is 1. The number of ether oxygens (including phenoxy) is 3. The highest BCUT2D eigenvalue weighted by Crippen LogP contribution is 2.39. The van der Waals surface area contributed by atoms with Crippen LogP contribution in [-0.2, 0) is 4.74 Å². The minimum Gasteiger partial charge on any atom is -0.490 e. The van der Waals surface area contributed by atoms with Gasteiger partial charge in [-0.1, -0.05) is 12.0 Å². The van der Waals surface area contributed by atoms with E-state index in [1.165, 1.54) is 12.8 Å². The maximum absolute atomic E-state index is 9.78. The number of terminal acetylenes is 1. The van der Waals surface area contributed by atoms with E-state index in [2.05, 4.69) is 27.2 Å². The number of pyridine rings is 1. The van der Waals surface area contributed by atoms with Gasteiger partial charge in [0.2, 0.25) is 0 Å². The van der Waals surface area contributed by atoms with Crippen LogP contribution in [0.15, 0.2) is 42.6 Å². The highest BCUT2D eigenvalue weighted by Gasteiger charge is 2.40. The first-order chi connectivity index (χ1) is 18.1. The molecule has 7 nitrogen and oxygen atoms in total. The van der Waals surface area contributed by atoms with Gasteiger partial charge in [-0.2, -0.15) is 5.26 Å². The molecule has 2 aliphatic heterocycles. The van der Waals surface area contributed by atoms with Gasteiger partial charge in [0.1, 0.15) is 6.07 Å². The van der Waals surface area contributed by atoms with Crippen LogP contribution in [0.25, 0.3) is 10.9 Å². The van der Waals surface area contributed by atoms with Gasteiger partial charge in [0.25, 0.3) is 0 Å². The lowest BCUT2D eigenvalue weighted by molar-refractivity contribution is -0.139. The summed E-state index contributed by atoms with van der Waals surface area (Å²) in [5, 5.41) is 13.9. The Morgan fingerprint density at radius 3 is 2.68 bits per heavy atom. The number of nitriles is 1. The van der Waals surface area contributed by atoms with E-state index in [4.69, 9.17) is 20.6 Å². The molecule has 3 aromatic rings. The minimum absolute atomic E-state index is 0.438. The Hall–Kier alpha value is -3.78. The van der Waals surface area contributed by atoms with Gasteiger partial charge in [-0.3, -0.25) is 4.98 Å². The van der Waals surface area contributed by atoms with Crippen molar-refractivity contribution in [3.05, 3.63) is 53.7 Å². The van der Waals surface area contributed by atoms with Gasteiger partial charge in [0, 0.05) is 40.9 Å². The molecule has 0 bridgehead atoms. The molecule has 1 aromatic heterocycles. The van der Waals surface area contributed by atoms with E-state index in [9.17, 15) is 5.26 Å². The van der Waals surface area contributed by atoms with Crippen LogP contribution in [0.4, 0.5) is 11.4 Å². The third-order valence-corrected chi connectivity index (χ3v) is 7.26. The molecular formula is C30H32N4O3. The maximum Gasteiger partial charge on any atom is 0.163 e. The number of rotatable bonds is 9. The lowest BCUT2D eigenvalue weighted by atomic mass is 9.77. The summed E-state index contributed by atoms with van der Waals surface area (Å²) < 4.78 is 17.6. The van der Waals surface area contributed by atoms with Gasteiger partial charge in [-0.05, 0) is 63.5 Å². The lowest BCUT2D eigenvalue weighted by Crippen LogP contribution is -2.51. The minimum atomic E-state index is 0.438. The van der Waals surface area contributed by atoms with Crippen LogP contribution in [0, 0.1) is 29.1 Å². The SMILES string of the molecule is C#Cc1cccc(Nc2c(C#N)cnc3cc(OCC)c(OCCCN4CCC5(CC4)COC5)cc23)c1. The number of hydrogen-bond donors (Lipinski definition) is 1. The van der Waals surface area contributed by atoms with Crippen molar-refractivity contribution in [2.24, 2.45) is 5.41 Å². The van der Waals surface area contributed by atoms with Crippen molar-refractivity contribution in [2.45, 2.75) is 26.2 Å². The van der Waals surface area contributed by atoms with E-state index in [0.29, 0.717) is 46.9 Å². The molecule has 0 atom stereocenters. The third-order valence-electron chi connectivity index (χ3n) is 7.26. The van der Waals surface area contributed by atoms with Crippen LogP contribution in [0.2, 0.25) is 0 Å². The largest absolute Gasteiger partial charge is 0.490 e. The van der Waals surface area contributed by atoms with Gasteiger partial charge in [-0.25, -0.2) is 0 Å². The molecule has 3 heterocycles. The Kier molecular flexibility index (Phi) is 7.46. The summed E-state index contributed by atoms with van der Waals surface area (Å²) in [7, 11) is 0. The van der Waals surface area contributed by atoms with Crippen molar-refractivity contribution < 1.29 is 14.2 Å². The summed E-state index contributed by atoms with van der Waals surface area (Å²) in [6.45, 7) is 8.16. The molecular weight excluding hydrogens is 464 g/mol. The van der Waals surface area contributed by atoms with E-state index in [1.807, 2.05) is 43.3 Å². The summed E-state index contributed by atoms with van der Waals surface area (Å²) in [5.74, 6) is 3.95. The fraction of sp³-hybridized carbons (Fsp3) is 0.400. The van der Waals surface area contributed by atoms with Crippen molar-refractivity contribution in [3.8, 4) is 29.9 Å². The maximum atomic E-state index is 9.78. The number of benzene rings is 2. The van der Waals surface area contributed by atoms with E-state index in [1.54, 1.807) is 6.20 Å². The molecule has 0 aliphatic carbocycles. The highest BCUT2D eigenvalue weighted by atomic mass is 16.5. The summed E-state index contributed by atoms with van der Waals surface area (Å²) in [6.07, 6.45) is 10.5. The predicted octanol–water partition coefficient (Wildman–Crippen LogP) is 5.11. The van der Waals surface area contributed by atoms with E-state index in [-0.39, 0.29) is 0 Å². The number of likely N-dealkylation sites (tertiary alicyclic amines) is 1. The van der Waals surface area contributed by atoms with Crippen LogP contribution >= 0.6 is 0 Å². The monoisotopic (exact) mass is 496 g/mol. The molecule has 2 aromatic carbocycles. The quantitative estimate of drug-likeness (QED) is 0.326. The summed E-state index contributed by atoms with van der Waals surface area (Å²) in [4.78, 5) is 7.03. The first kappa shape index (κ1) is 24.9. The predicted molar refractivity (Wildman–Crippen MR) is 144 cm³/mol. The topological polar surface area (TPSA) is 79.6 Å².